The van der Waals surface area contributed by atoms with Crippen LogP contribution < -0.4 is 15.4 Å². The van der Waals surface area contributed by atoms with E-state index in [2.05, 4.69) is 25.6 Å². The lowest BCUT2D eigenvalue weighted by Crippen LogP contribution is -2.36. The number of aromatic nitrogens is 2. The van der Waals surface area contributed by atoms with E-state index in [9.17, 15) is 14.3 Å². The van der Waals surface area contributed by atoms with Gasteiger partial charge in [-0.2, -0.15) is 0 Å². The molecule has 2 aromatic heterocycles. The SMILES string of the molecule is O=C(O)C(CCC1C=Nc2ccccc21)NCc1ccc(-c2ccc3ncnc(Nc4ccc(Oc5ccccc5F)c(Cl)c4)c3c2)o1. The van der Waals surface area contributed by atoms with Crippen LogP contribution in [0.25, 0.3) is 22.2 Å². The molecule has 0 bridgehead atoms. The minimum atomic E-state index is -0.909. The van der Waals surface area contributed by atoms with Crippen LogP contribution in [0.4, 0.5) is 21.6 Å². The summed E-state index contributed by atoms with van der Waals surface area (Å²) in [5.74, 6) is 0.878. The molecule has 2 unspecified atom stereocenters. The maximum Gasteiger partial charge on any atom is 0.320 e. The third-order valence-electron chi connectivity index (χ3n) is 8.15. The summed E-state index contributed by atoms with van der Waals surface area (Å²) in [6, 6.07) is 27.8. The summed E-state index contributed by atoms with van der Waals surface area (Å²) < 4.78 is 25.8. The highest BCUT2D eigenvalue weighted by Crippen LogP contribution is 2.36. The number of carboxylic acid groups (broad SMARTS) is 1. The van der Waals surface area contributed by atoms with E-state index in [0.717, 1.165) is 27.7 Å². The van der Waals surface area contributed by atoms with E-state index in [1.165, 1.54) is 18.5 Å². The van der Waals surface area contributed by atoms with Crippen LogP contribution in [0.5, 0.6) is 11.5 Å². The molecule has 1 aliphatic heterocycles. The van der Waals surface area contributed by atoms with Crippen molar-refractivity contribution < 1.29 is 23.4 Å². The number of benzene rings is 4. The Morgan fingerprint density at radius 1 is 0.979 bits per heavy atom. The number of nitrogens with zero attached hydrogens (tertiary/aromatic N) is 3. The first-order chi connectivity index (χ1) is 23.4. The smallest absolute Gasteiger partial charge is 0.320 e. The zero-order valence-corrected chi connectivity index (χ0v) is 26.2. The van der Waals surface area contributed by atoms with Gasteiger partial charge in [-0.1, -0.05) is 41.9 Å². The number of furan rings is 1. The molecule has 11 heteroatoms. The number of para-hydroxylation sites is 2. The van der Waals surface area contributed by atoms with Gasteiger partial charge in [-0.15, -0.1) is 0 Å². The van der Waals surface area contributed by atoms with Gasteiger partial charge in [0.15, 0.2) is 11.6 Å². The molecule has 0 fully saturated rings. The summed E-state index contributed by atoms with van der Waals surface area (Å²) >= 11 is 6.48. The first-order valence-corrected chi connectivity index (χ1v) is 15.7. The van der Waals surface area contributed by atoms with E-state index in [-0.39, 0.29) is 18.2 Å². The highest BCUT2D eigenvalue weighted by Gasteiger charge is 2.23. The Balaban J connectivity index is 1.02. The van der Waals surface area contributed by atoms with Crippen molar-refractivity contribution in [1.82, 2.24) is 15.3 Å². The number of ether oxygens (including phenoxy) is 1. The third kappa shape index (κ3) is 6.76. The molecule has 9 nitrogen and oxygen atoms in total. The lowest BCUT2D eigenvalue weighted by Gasteiger charge is -2.16. The van der Waals surface area contributed by atoms with E-state index < -0.39 is 17.8 Å². The predicted molar refractivity (Wildman–Crippen MR) is 183 cm³/mol. The van der Waals surface area contributed by atoms with Gasteiger partial charge >= 0.3 is 5.97 Å². The van der Waals surface area contributed by atoms with Crippen LogP contribution in [-0.2, 0) is 11.3 Å². The van der Waals surface area contributed by atoms with Crippen LogP contribution >= 0.6 is 11.6 Å². The number of halogens is 2. The average Bonchev–Trinajstić information content (AvgIpc) is 3.74. The van der Waals surface area contributed by atoms with Crippen LogP contribution in [0.2, 0.25) is 5.02 Å². The normalized spacial score (nSPS) is 14.2. The number of carbonyl (C=O) groups is 1. The standard InChI is InChI=1S/C37H29ClFN5O4/c38-28-18-24(11-15-34(28)48-35-8-4-2-6-29(35)39)44-36-27-17-22(9-13-31(27)42-21-43-36)33-16-12-25(47-33)20-41-32(37(45)46)14-10-23-19-40-30-7-3-1-5-26(23)30/h1-9,11-13,15-19,21,23,32,41H,10,14,20H2,(H,45,46)(H,42,43,44). The minimum absolute atomic E-state index is 0.0780. The molecule has 0 saturated carbocycles. The molecule has 0 spiro atoms. The van der Waals surface area contributed by atoms with Gasteiger partial charge in [0.25, 0.3) is 0 Å². The fraction of sp³-hybridized carbons (Fsp3) is 0.135. The van der Waals surface area contributed by atoms with Gasteiger partial charge in [-0.05, 0) is 85.1 Å². The number of nitrogens with one attached hydrogen (secondary N) is 2. The second-order valence-corrected chi connectivity index (χ2v) is 11.7. The number of hydrogen-bond acceptors (Lipinski definition) is 8. The zero-order chi connectivity index (χ0) is 33.0. The Morgan fingerprint density at radius 3 is 2.69 bits per heavy atom. The van der Waals surface area contributed by atoms with Gasteiger partial charge in [0.2, 0.25) is 0 Å². The quantitative estimate of drug-likeness (QED) is 0.119. The van der Waals surface area contributed by atoms with Crippen molar-refractivity contribution in [2.45, 2.75) is 31.3 Å². The molecule has 7 rings (SSSR count). The third-order valence-corrected chi connectivity index (χ3v) is 8.44. The summed E-state index contributed by atoms with van der Waals surface area (Å²) in [6.07, 6.45) is 4.48. The molecule has 0 saturated heterocycles. The van der Waals surface area contributed by atoms with Crippen molar-refractivity contribution >= 4 is 51.9 Å². The van der Waals surface area contributed by atoms with Gasteiger partial charge < -0.3 is 19.6 Å². The van der Waals surface area contributed by atoms with E-state index >= 15 is 0 Å². The largest absolute Gasteiger partial charge is 0.480 e. The van der Waals surface area contributed by atoms with Crippen molar-refractivity contribution in [2.75, 3.05) is 5.32 Å². The topological polar surface area (TPSA) is 122 Å². The Hall–Kier alpha value is -5.58. The second kappa shape index (κ2) is 13.6. The van der Waals surface area contributed by atoms with E-state index in [0.29, 0.717) is 46.6 Å². The molecule has 0 aliphatic carbocycles. The molecule has 4 aromatic carbocycles. The number of anilines is 2. The second-order valence-electron chi connectivity index (χ2n) is 11.3. The number of rotatable bonds is 12. The first kappa shape index (κ1) is 31.0. The van der Waals surface area contributed by atoms with Crippen LogP contribution in [-0.4, -0.2) is 33.3 Å². The molecular formula is C37H29ClFN5O4. The molecule has 240 valence electrons. The zero-order valence-electron chi connectivity index (χ0n) is 25.4. The maximum absolute atomic E-state index is 14.1. The van der Waals surface area contributed by atoms with Gasteiger partial charge in [-0.3, -0.25) is 15.1 Å². The van der Waals surface area contributed by atoms with Crippen LogP contribution in [0.3, 0.4) is 0 Å². The van der Waals surface area contributed by atoms with Crippen molar-refractivity contribution in [3.05, 3.63) is 126 Å². The van der Waals surface area contributed by atoms with Crippen molar-refractivity contribution in [3.8, 4) is 22.8 Å². The van der Waals surface area contributed by atoms with Crippen molar-refractivity contribution in [3.63, 3.8) is 0 Å². The molecule has 0 amide bonds. The summed E-state index contributed by atoms with van der Waals surface area (Å²) in [5, 5.41) is 17.3. The number of aliphatic imine (C=N–C) groups is 1. The number of hydrogen-bond donors (Lipinski definition) is 3. The fourth-order valence-corrected chi connectivity index (χ4v) is 5.88. The minimum Gasteiger partial charge on any atom is -0.480 e. The average molecular weight is 662 g/mol. The Bertz CT molecular complexity index is 2150. The maximum atomic E-state index is 14.1. The van der Waals surface area contributed by atoms with Crippen molar-refractivity contribution in [1.29, 1.82) is 0 Å². The Kier molecular flexibility index (Phi) is 8.82. The molecule has 0 radical (unpaired) electrons. The van der Waals surface area contributed by atoms with Crippen molar-refractivity contribution in [2.24, 2.45) is 4.99 Å². The van der Waals surface area contributed by atoms with Gasteiger partial charge in [0.05, 0.1) is 22.8 Å². The lowest BCUT2D eigenvalue weighted by molar-refractivity contribution is -0.139. The Labute approximate surface area is 280 Å². The monoisotopic (exact) mass is 661 g/mol. The van der Waals surface area contributed by atoms with E-state index in [1.54, 1.807) is 30.3 Å². The van der Waals surface area contributed by atoms with E-state index in [1.807, 2.05) is 60.8 Å². The summed E-state index contributed by atoms with van der Waals surface area (Å²) in [4.78, 5) is 25.3. The highest BCUT2D eigenvalue weighted by molar-refractivity contribution is 6.32. The number of aliphatic carboxylic acids is 1. The van der Waals surface area contributed by atoms with E-state index in [4.69, 9.17) is 20.8 Å². The molecule has 2 atom stereocenters. The van der Waals surface area contributed by atoms with Crippen LogP contribution in [0.15, 0.2) is 113 Å². The van der Waals surface area contributed by atoms with Gasteiger partial charge in [-0.25, -0.2) is 14.4 Å². The lowest BCUT2D eigenvalue weighted by atomic mass is 9.94. The Morgan fingerprint density at radius 2 is 1.83 bits per heavy atom. The molecule has 48 heavy (non-hydrogen) atoms. The molecule has 3 N–H and O–H groups in total. The van der Waals surface area contributed by atoms with Gasteiger partial charge in [0.1, 0.15) is 35.5 Å². The molecule has 3 heterocycles. The summed E-state index contributed by atoms with van der Waals surface area (Å²) in [6.45, 7) is 0.257. The first-order valence-electron chi connectivity index (χ1n) is 15.3. The number of fused-ring (bicyclic) bond motifs is 2. The summed E-state index contributed by atoms with van der Waals surface area (Å²) in [7, 11) is 0. The van der Waals surface area contributed by atoms with Crippen LogP contribution in [0.1, 0.15) is 30.1 Å². The molecular weight excluding hydrogens is 633 g/mol. The van der Waals surface area contributed by atoms with Crippen LogP contribution in [0, 0.1) is 5.82 Å². The van der Waals surface area contributed by atoms with Gasteiger partial charge in [0, 0.05) is 28.8 Å². The summed E-state index contributed by atoms with van der Waals surface area (Å²) in [5.41, 5.74) is 4.24. The molecule has 1 aliphatic rings. The predicted octanol–water partition coefficient (Wildman–Crippen LogP) is 9.04. The fourth-order valence-electron chi connectivity index (χ4n) is 5.66. The number of carboxylic acids is 1. The molecule has 6 aromatic rings. The highest BCUT2D eigenvalue weighted by atomic mass is 35.5.